The topological polar surface area (TPSA) is 216 Å². The number of allylic oxidation sites excluding steroid dienone is 10. The lowest BCUT2D eigenvalue weighted by Gasteiger charge is -2.20. The quantitative estimate of drug-likeness (QED) is 0.0131. The molecule has 0 amide bonds. The van der Waals surface area contributed by atoms with Crippen molar-refractivity contribution in [3.8, 4) is 0 Å². The molecule has 0 fully saturated rings. The lowest BCUT2D eigenvalue weighted by atomic mass is 10.0. The van der Waals surface area contributed by atoms with Crippen molar-refractivity contribution in [2.45, 2.75) is 142 Å². The second-order valence-corrected chi connectivity index (χ2v) is 16.6. The number of aliphatic hydroxyl groups is 2. The fourth-order valence-electron chi connectivity index (χ4n) is 4.82. The lowest BCUT2D eigenvalue weighted by Crippen LogP contribution is -2.29. The van der Waals surface area contributed by atoms with E-state index in [0.29, 0.717) is 38.0 Å². The van der Waals surface area contributed by atoms with E-state index in [-0.39, 0.29) is 12.8 Å². The summed E-state index contributed by atoms with van der Waals surface area (Å²) in [6.45, 7) is 3.68. The molecule has 0 saturated carbocycles. The fraction of sp³-hybridized carbons (Fsp3) is 0.659. The van der Waals surface area contributed by atoms with E-state index in [9.17, 15) is 33.8 Å². The molecular weight excluding hydrogens is 778 g/mol. The maximum absolute atomic E-state index is 12.6. The summed E-state index contributed by atoms with van der Waals surface area (Å²) in [5.74, 6) is -0.458. The van der Waals surface area contributed by atoms with Crippen LogP contribution in [-0.4, -0.2) is 81.6 Å². The number of hydrogen-bond donors (Lipinski definition) is 5. The number of rotatable bonds is 36. The molecule has 5 N–H and O–H groups in total. The summed E-state index contributed by atoms with van der Waals surface area (Å²) in [4.78, 5) is 52.5. The van der Waals surface area contributed by atoms with Gasteiger partial charge in [0, 0.05) is 12.8 Å². The standard InChI is InChI=1S/C41H70O14P2/c1-4-5-6-7-18-23-28-37(42)29-24-19-14-10-8-9-11-15-21-26-31-41(45)55-39(35-54-57(49,50)53-33-38(43)32-52-56(46,47)48)34-51-40(44)30-25-20-16-12-13-17-22-27-36(2)3/h5-6,8-9,14-15,18-19,21,23-24,29,36-39,42-43H,4,7,10-13,16-17,20,22,25-28,30-35H2,1-3H3,(H,49,50)(H2,46,47,48)/b6-5-,9-8-,19-14-,21-15-,23-18-,29-24+/t37?,38-,39+/m0/s1. The van der Waals surface area contributed by atoms with Crippen LogP contribution in [0.4, 0.5) is 0 Å². The van der Waals surface area contributed by atoms with Gasteiger partial charge in [-0.25, -0.2) is 9.13 Å². The summed E-state index contributed by atoms with van der Waals surface area (Å²) in [7, 11) is -9.71. The molecule has 0 aromatic carbocycles. The molecule has 2 unspecified atom stereocenters. The molecule has 0 radical (unpaired) electrons. The summed E-state index contributed by atoms with van der Waals surface area (Å²) < 4.78 is 47.5. The molecule has 328 valence electrons. The average Bonchev–Trinajstić information content (AvgIpc) is 3.15. The Morgan fingerprint density at radius 1 is 0.632 bits per heavy atom. The third-order valence-electron chi connectivity index (χ3n) is 7.87. The van der Waals surface area contributed by atoms with Crippen LogP contribution in [0.5, 0.6) is 0 Å². The highest BCUT2D eigenvalue weighted by molar-refractivity contribution is 7.47. The van der Waals surface area contributed by atoms with Gasteiger partial charge in [-0.2, -0.15) is 0 Å². The van der Waals surface area contributed by atoms with Crippen LogP contribution in [0.15, 0.2) is 72.9 Å². The zero-order valence-electron chi connectivity index (χ0n) is 34.2. The zero-order chi connectivity index (χ0) is 42.6. The van der Waals surface area contributed by atoms with Crippen LogP contribution in [0, 0.1) is 5.92 Å². The lowest BCUT2D eigenvalue weighted by molar-refractivity contribution is -0.161. The van der Waals surface area contributed by atoms with Crippen molar-refractivity contribution in [1.29, 1.82) is 0 Å². The second-order valence-electron chi connectivity index (χ2n) is 13.9. The first-order valence-electron chi connectivity index (χ1n) is 20.1. The summed E-state index contributed by atoms with van der Waals surface area (Å²) in [6, 6.07) is 0. The summed E-state index contributed by atoms with van der Waals surface area (Å²) in [6.07, 6.45) is 32.6. The van der Waals surface area contributed by atoms with Gasteiger partial charge in [-0.3, -0.25) is 23.2 Å². The molecular formula is C41H70O14P2. The van der Waals surface area contributed by atoms with E-state index in [2.05, 4.69) is 42.0 Å². The largest absolute Gasteiger partial charge is 0.472 e. The van der Waals surface area contributed by atoms with Crippen molar-refractivity contribution in [2.24, 2.45) is 5.92 Å². The number of esters is 2. The number of aliphatic hydroxyl groups excluding tert-OH is 2. The number of ether oxygens (including phenoxy) is 2. The Kier molecular flexibility index (Phi) is 33.9. The predicted molar refractivity (Wildman–Crippen MR) is 222 cm³/mol. The molecule has 0 rings (SSSR count). The molecule has 0 aromatic rings. The van der Waals surface area contributed by atoms with Gasteiger partial charge in [0.2, 0.25) is 0 Å². The van der Waals surface area contributed by atoms with Gasteiger partial charge < -0.3 is 34.4 Å². The van der Waals surface area contributed by atoms with Crippen LogP contribution in [0.25, 0.3) is 0 Å². The van der Waals surface area contributed by atoms with Gasteiger partial charge in [-0.15, -0.1) is 0 Å². The van der Waals surface area contributed by atoms with Crippen molar-refractivity contribution < 1.29 is 66.7 Å². The first kappa shape index (κ1) is 54.5. The normalized spacial score (nSPS) is 15.5. The van der Waals surface area contributed by atoms with Crippen LogP contribution < -0.4 is 0 Å². The minimum Gasteiger partial charge on any atom is -0.462 e. The van der Waals surface area contributed by atoms with Crippen LogP contribution in [0.3, 0.4) is 0 Å². The Labute approximate surface area is 340 Å². The molecule has 0 aromatic heterocycles. The van der Waals surface area contributed by atoms with E-state index in [0.717, 1.165) is 38.5 Å². The molecule has 0 heterocycles. The third kappa shape index (κ3) is 40.1. The van der Waals surface area contributed by atoms with Gasteiger partial charge in [0.25, 0.3) is 0 Å². The van der Waals surface area contributed by atoms with Gasteiger partial charge >= 0.3 is 27.6 Å². The van der Waals surface area contributed by atoms with Gasteiger partial charge in [0.05, 0.1) is 25.9 Å². The van der Waals surface area contributed by atoms with Crippen LogP contribution in [0.1, 0.15) is 124 Å². The highest BCUT2D eigenvalue weighted by atomic mass is 31.2. The van der Waals surface area contributed by atoms with E-state index in [4.69, 9.17) is 23.8 Å². The summed E-state index contributed by atoms with van der Waals surface area (Å²) >= 11 is 0. The van der Waals surface area contributed by atoms with Crippen LogP contribution >= 0.6 is 15.6 Å². The zero-order valence-corrected chi connectivity index (χ0v) is 36.0. The number of phosphoric acid groups is 2. The molecule has 4 atom stereocenters. The van der Waals surface area contributed by atoms with Crippen molar-refractivity contribution in [2.75, 3.05) is 26.4 Å². The minimum absolute atomic E-state index is 0.0200. The SMILES string of the molecule is CC/C=C\C/C=C\CC(O)/C=C/C=C\C/C=C\C/C=C\CCC(=O)O[C@H](COC(=O)CCCCCCCCCC(C)C)COP(=O)(O)OC[C@@H](O)COP(=O)(O)O. The maximum atomic E-state index is 12.6. The molecule has 16 heteroatoms. The van der Waals surface area contributed by atoms with Crippen LogP contribution in [0.2, 0.25) is 0 Å². The monoisotopic (exact) mass is 848 g/mol. The molecule has 0 spiro atoms. The molecule has 14 nitrogen and oxygen atoms in total. The number of carbonyl (C=O) groups excluding carboxylic acids is 2. The maximum Gasteiger partial charge on any atom is 0.472 e. The minimum atomic E-state index is -4.88. The number of carbonyl (C=O) groups is 2. The first-order chi connectivity index (χ1) is 27.1. The highest BCUT2D eigenvalue weighted by Crippen LogP contribution is 2.43. The smallest absolute Gasteiger partial charge is 0.462 e. The Morgan fingerprint density at radius 3 is 1.88 bits per heavy atom. The predicted octanol–water partition coefficient (Wildman–Crippen LogP) is 8.66. The van der Waals surface area contributed by atoms with Gasteiger partial charge in [-0.05, 0) is 50.9 Å². The Morgan fingerprint density at radius 2 is 1.21 bits per heavy atom. The van der Waals surface area contributed by atoms with Crippen molar-refractivity contribution >= 4 is 27.6 Å². The number of phosphoric ester groups is 2. The van der Waals surface area contributed by atoms with Gasteiger partial charge in [0.15, 0.2) is 6.10 Å². The van der Waals surface area contributed by atoms with Gasteiger partial charge in [0.1, 0.15) is 12.7 Å². The third-order valence-corrected chi connectivity index (χ3v) is 9.31. The van der Waals surface area contributed by atoms with Crippen molar-refractivity contribution in [1.82, 2.24) is 0 Å². The van der Waals surface area contributed by atoms with Crippen LogP contribution in [-0.2, 0) is 41.8 Å². The van der Waals surface area contributed by atoms with E-state index < -0.39 is 72.3 Å². The molecule has 0 bridgehead atoms. The Hall–Kier alpha value is -2.48. The Bertz CT molecular complexity index is 1320. The molecule has 0 aliphatic carbocycles. The Balaban J connectivity index is 4.75. The number of unbranched alkanes of at least 4 members (excludes halogenated alkanes) is 6. The van der Waals surface area contributed by atoms with Crippen molar-refractivity contribution in [3.05, 3.63) is 72.9 Å². The molecule has 57 heavy (non-hydrogen) atoms. The van der Waals surface area contributed by atoms with Crippen molar-refractivity contribution in [3.63, 3.8) is 0 Å². The average molecular weight is 849 g/mol. The summed E-state index contributed by atoms with van der Waals surface area (Å²) in [5.41, 5.74) is 0. The fourth-order valence-corrected chi connectivity index (χ4v) is 5.97. The van der Waals surface area contributed by atoms with Gasteiger partial charge in [-0.1, -0.05) is 139 Å². The second kappa shape index (κ2) is 35.5. The molecule has 0 saturated heterocycles. The van der Waals surface area contributed by atoms with E-state index in [1.54, 1.807) is 6.08 Å². The first-order valence-corrected chi connectivity index (χ1v) is 23.1. The summed E-state index contributed by atoms with van der Waals surface area (Å²) in [5, 5.41) is 19.7. The highest BCUT2D eigenvalue weighted by Gasteiger charge is 2.28. The van der Waals surface area contributed by atoms with E-state index in [1.165, 1.54) is 19.3 Å². The van der Waals surface area contributed by atoms with E-state index in [1.807, 2.05) is 54.7 Å². The number of hydrogen-bond acceptors (Lipinski definition) is 11. The molecule has 0 aliphatic heterocycles. The molecule has 0 aliphatic rings. The van der Waals surface area contributed by atoms with E-state index >= 15 is 0 Å².